The molecule has 0 aromatic heterocycles. The molecule has 0 bridgehead atoms. The second-order valence-electron chi connectivity index (χ2n) is 5.40. The monoisotopic (exact) mass is 242 g/mol. The van der Waals surface area contributed by atoms with E-state index in [-0.39, 0.29) is 5.91 Å². The Morgan fingerprint density at radius 3 is 2.53 bits per heavy atom. The molecule has 100 valence electrons. The zero-order valence-electron chi connectivity index (χ0n) is 11.6. The van der Waals surface area contributed by atoms with Crippen molar-refractivity contribution in [3.8, 4) is 0 Å². The van der Waals surface area contributed by atoms with Crippen LogP contribution in [0.3, 0.4) is 0 Å². The highest BCUT2D eigenvalue weighted by atomic mass is 16.5. The van der Waals surface area contributed by atoms with Crippen LogP contribution in [0.15, 0.2) is 0 Å². The molecule has 0 aliphatic carbocycles. The normalized spacial score (nSPS) is 18.1. The molecular weight excluding hydrogens is 216 g/mol. The average Bonchev–Trinajstić information content (AvgIpc) is 2.29. The number of amides is 1. The standard InChI is InChI=1S/C13H26N2O2/c1-5-14-13(2,3)12(16)15(4)10-11-6-8-17-9-7-11/h11,14H,5-10H2,1-4H3. The largest absolute Gasteiger partial charge is 0.381 e. The molecule has 0 saturated carbocycles. The van der Waals surface area contributed by atoms with Crippen molar-refractivity contribution < 1.29 is 9.53 Å². The van der Waals surface area contributed by atoms with E-state index in [1.165, 1.54) is 0 Å². The SMILES string of the molecule is CCNC(C)(C)C(=O)N(C)CC1CCOCC1. The van der Waals surface area contributed by atoms with Crippen LogP contribution < -0.4 is 5.32 Å². The summed E-state index contributed by atoms with van der Waals surface area (Å²) in [5, 5.41) is 3.22. The Bertz CT molecular complexity index is 248. The van der Waals surface area contributed by atoms with Crippen LogP contribution in [-0.4, -0.2) is 49.7 Å². The Balaban J connectivity index is 2.45. The second kappa shape index (κ2) is 6.36. The van der Waals surface area contributed by atoms with Gasteiger partial charge >= 0.3 is 0 Å². The van der Waals surface area contributed by atoms with Crippen LogP contribution in [0.4, 0.5) is 0 Å². The van der Waals surface area contributed by atoms with Crippen molar-refractivity contribution >= 4 is 5.91 Å². The quantitative estimate of drug-likeness (QED) is 0.789. The van der Waals surface area contributed by atoms with Crippen LogP contribution in [0.25, 0.3) is 0 Å². The predicted octanol–water partition coefficient (Wildman–Crippen LogP) is 1.26. The number of nitrogens with zero attached hydrogens (tertiary/aromatic N) is 1. The number of likely N-dealkylation sites (N-methyl/N-ethyl adjacent to an activating group) is 2. The van der Waals surface area contributed by atoms with E-state index in [1.54, 1.807) is 0 Å². The lowest BCUT2D eigenvalue weighted by Crippen LogP contribution is -2.53. The summed E-state index contributed by atoms with van der Waals surface area (Å²) in [7, 11) is 1.90. The molecule has 1 amide bonds. The van der Waals surface area contributed by atoms with Gasteiger partial charge in [-0.25, -0.2) is 0 Å². The van der Waals surface area contributed by atoms with E-state index >= 15 is 0 Å². The van der Waals surface area contributed by atoms with Crippen LogP contribution >= 0.6 is 0 Å². The molecule has 0 radical (unpaired) electrons. The Labute approximate surface area is 105 Å². The highest BCUT2D eigenvalue weighted by Crippen LogP contribution is 2.17. The predicted molar refractivity (Wildman–Crippen MR) is 68.9 cm³/mol. The Morgan fingerprint density at radius 2 is 2.00 bits per heavy atom. The molecule has 1 fully saturated rings. The number of carbonyl (C=O) groups is 1. The molecule has 0 aromatic rings. The lowest BCUT2D eigenvalue weighted by Gasteiger charge is -2.33. The summed E-state index contributed by atoms with van der Waals surface area (Å²) in [5.41, 5.74) is -0.464. The van der Waals surface area contributed by atoms with Crippen molar-refractivity contribution in [3.05, 3.63) is 0 Å². The van der Waals surface area contributed by atoms with Gasteiger partial charge in [-0.3, -0.25) is 4.79 Å². The maximum atomic E-state index is 12.3. The fourth-order valence-corrected chi connectivity index (χ4v) is 2.39. The van der Waals surface area contributed by atoms with Gasteiger partial charge < -0.3 is 15.0 Å². The topological polar surface area (TPSA) is 41.6 Å². The Hall–Kier alpha value is -0.610. The van der Waals surface area contributed by atoms with Crippen molar-refractivity contribution in [2.45, 2.75) is 39.2 Å². The first-order valence-corrected chi connectivity index (χ1v) is 6.55. The van der Waals surface area contributed by atoms with E-state index in [1.807, 2.05) is 32.7 Å². The molecule has 0 spiro atoms. The zero-order valence-corrected chi connectivity index (χ0v) is 11.6. The summed E-state index contributed by atoms with van der Waals surface area (Å²) in [6.45, 7) is 9.24. The highest BCUT2D eigenvalue weighted by molar-refractivity contribution is 5.85. The van der Waals surface area contributed by atoms with Gasteiger partial charge in [0.1, 0.15) is 0 Å². The average molecular weight is 242 g/mol. The zero-order chi connectivity index (χ0) is 12.9. The number of hydrogen-bond donors (Lipinski definition) is 1. The van der Waals surface area contributed by atoms with Gasteiger partial charge in [0.25, 0.3) is 0 Å². The maximum absolute atomic E-state index is 12.3. The summed E-state index contributed by atoms with van der Waals surface area (Å²) >= 11 is 0. The molecule has 0 aromatic carbocycles. The molecule has 1 rings (SSSR count). The summed E-state index contributed by atoms with van der Waals surface area (Å²) in [5.74, 6) is 0.765. The van der Waals surface area contributed by atoms with Gasteiger partial charge in [0.2, 0.25) is 5.91 Å². The lowest BCUT2D eigenvalue weighted by atomic mass is 9.98. The van der Waals surface area contributed by atoms with Gasteiger partial charge in [-0.15, -0.1) is 0 Å². The number of ether oxygens (including phenoxy) is 1. The number of hydrogen-bond acceptors (Lipinski definition) is 3. The molecule has 4 heteroatoms. The third kappa shape index (κ3) is 4.28. The van der Waals surface area contributed by atoms with Gasteiger partial charge in [0.05, 0.1) is 5.54 Å². The van der Waals surface area contributed by atoms with Gasteiger partial charge in [0, 0.05) is 26.8 Å². The highest BCUT2D eigenvalue weighted by Gasteiger charge is 2.30. The minimum absolute atomic E-state index is 0.172. The molecule has 1 saturated heterocycles. The van der Waals surface area contributed by atoms with Crippen molar-refractivity contribution in [1.82, 2.24) is 10.2 Å². The van der Waals surface area contributed by atoms with E-state index in [4.69, 9.17) is 4.74 Å². The molecule has 1 heterocycles. The maximum Gasteiger partial charge on any atom is 0.242 e. The van der Waals surface area contributed by atoms with E-state index in [2.05, 4.69) is 5.32 Å². The molecule has 1 aliphatic heterocycles. The molecule has 0 atom stereocenters. The first-order valence-electron chi connectivity index (χ1n) is 6.55. The third-order valence-corrected chi connectivity index (χ3v) is 3.37. The third-order valence-electron chi connectivity index (χ3n) is 3.37. The fourth-order valence-electron chi connectivity index (χ4n) is 2.39. The molecule has 4 nitrogen and oxygen atoms in total. The Morgan fingerprint density at radius 1 is 1.41 bits per heavy atom. The second-order valence-corrected chi connectivity index (χ2v) is 5.40. The van der Waals surface area contributed by atoms with Gasteiger partial charge in [-0.2, -0.15) is 0 Å². The van der Waals surface area contributed by atoms with Crippen molar-refractivity contribution in [3.63, 3.8) is 0 Å². The van der Waals surface area contributed by atoms with Crippen LogP contribution in [0.1, 0.15) is 33.6 Å². The van der Waals surface area contributed by atoms with E-state index < -0.39 is 5.54 Å². The number of rotatable bonds is 5. The fraction of sp³-hybridized carbons (Fsp3) is 0.923. The van der Waals surface area contributed by atoms with Crippen molar-refractivity contribution in [2.75, 3.05) is 33.4 Å². The van der Waals surface area contributed by atoms with Crippen LogP contribution in [-0.2, 0) is 9.53 Å². The van der Waals surface area contributed by atoms with Crippen LogP contribution in [0, 0.1) is 5.92 Å². The Kier molecular flexibility index (Phi) is 5.40. The summed E-state index contributed by atoms with van der Waals surface area (Å²) in [6, 6.07) is 0. The van der Waals surface area contributed by atoms with E-state index in [0.29, 0.717) is 5.92 Å². The lowest BCUT2D eigenvalue weighted by molar-refractivity contribution is -0.136. The van der Waals surface area contributed by atoms with Gasteiger partial charge in [-0.1, -0.05) is 6.92 Å². The van der Waals surface area contributed by atoms with Gasteiger partial charge in [0.15, 0.2) is 0 Å². The van der Waals surface area contributed by atoms with Crippen LogP contribution in [0.5, 0.6) is 0 Å². The van der Waals surface area contributed by atoms with Crippen molar-refractivity contribution in [2.24, 2.45) is 5.92 Å². The van der Waals surface area contributed by atoms with Gasteiger partial charge in [-0.05, 0) is 39.2 Å². The summed E-state index contributed by atoms with van der Waals surface area (Å²) in [6.07, 6.45) is 2.14. The first kappa shape index (κ1) is 14.5. The smallest absolute Gasteiger partial charge is 0.242 e. The molecule has 1 aliphatic rings. The molecule has 1 N–H and O–H groups in total. The van der Waals surface area contributed by atoms with Crippen molar-refractivity contribution in [1.29, 1.82) is 0 Å². The molecule has 17 heavy (non-hydrogen) atoms. The first-order chi connectivity index (χ1) is 7.97. The minimum Gasteiger partial charge on any atom is -0.381 e. The summed E-state index contributed by atoms with van der Waals surface area (Å²) < 4.78 is 5.33. The summed E-state index contributed by atoms with van der Waals surface area (Å²) in [4.78, 5) is 14.1. The van der Waals surface area contributed by atoms with Crippen LogP contribution in [0.2, 0.25) is 0 Å². The number of carbonyl (C=O) groups excluding carboxylic acids is 1. The molecular formula is C13H26N2O2. The minimum atomic E-state index is -0.464. The van der Waals surface area contributed by atoms with E-state index in [9.17, 15) is 4.79 Å². The van der Waals surface area contributed by atoms with E-state index in [0.717, 1.165) is 39.1 Å². The molecule has 0 unspecified atom stereocenters. The number of nitrogens with one attached hydrogen (secondary N) is 1.